The van der Waals surface area contributed by atoms with Crippen molar-refractivity contribution < 1.29 is 5.11 Å². The maximum Gasteiger partial charge on any atom is 0.263 e. The van der Waals surface area contributed by atoms with Gasteiger partial charge in [-0.25, -0.2) is 4.98 Å². The van der Waals surface area contributed by atoms with Gasteiger partial charge in [0.25, 0.3) is 5.56 Å². The van der Waals surface area contributed by atoms with Gasteiger partial charge in [0.1, 0.15) is 6.23 Å². The van der Waals surface area contributed by atoms with Crippen LogP contribution < -0.4 is 5.56 Å². The van der Waals surface area contributed by atoms with E-state index in [0.29, 0.717) is 23.1 Å². The topological polar surface area (TPSA) is 70.9 Å². The molecule has 2 aromatic heterocycles. The maximum absolute atomic E-state index is 12.8. The molecule has 0 amide bonds. The van der Waals surface area contributed by atoms with Gasteiger partial charge in [0.05, 0.1) is 16.6 Å². The highest BCUT2D eigenvalue weighted by molar-refractivity contribution is 5.91. The third-order valence-electron chi connectivity index (χ3n) is 4.53. The number of H-pyrrole nitrogens is 1. The molecule has 1 aliphatic heterocycles. The Morgan fingerprint density at radius 1 is 1.09 bits per heavy atom. The predicted octanol–water partition coefficient (Wildman–Crippen LogP) is 2.59. The molecule has 0 spiro atoms. The first-order chi connectivity index (χ1) is 11.2. The van der Waals surface area contributed by atoms with Crippen LogP contribution >= 0.6 is 0 Å². The first-order valence-electron chi connectivity index (χ1n) is 7.53. The molecule has 1 atom stereocenters. The number of hydrogen-bond acceptors (Lipinski definition) is 3. The standard InChI is InChI=1S/C18H13N3O2/c22-15-9-12-10-5-1-3-7-13(10)19-16(12)17-20-14-8-4-2-6-11(14)18(23)21(15)17/h1-8,15,19,22H,9H2. The van der Waals surface area contributed by atoms with Gasteiger partial charge in [-0.05, 0) is 23.8 Å². The Kier molecular flexibility index (Phi) is 2.36. The van der Waals surface area contributed by atoms with Crippen LogP contribution in [-0.2, 0) is 6.42 Å². The Balaban J connectivity index is 1.95. The largest absolute Gasteiger partial charge is 0.373 e. The van der Waals surface area contributed by atoms with Gasteiger partial charge in [0, 0.05) is 17.3 Å². The summed E-state index contributed by atoms with van der Waals surface area (Å²) >= 11 is 0. The number of para-hydroxylation sites is 2. The van der Waals surface area contributed by atoms with E-state index in [4.69, 9.17) is 0 Å². The number of benzene rings is 2. The Hall–Kier alpha value is -2.92. The summed E-state index contributed by atoms with van der Waals surface area (Å²) in [5.41, 5.74) is 3.25. The zero-order valence-electron chi connectivity index (χ0n) is 12.2. The lowest BCUT2D eigenvalue weighted by atomic mass is 10.0. The van der Waals surface area contributed by atoms with Crippen LogP contribution in [0.25, 0.3) is 33.3 Å². The molecule has 4 aromatic rings. The van der Waals surface area contributed by atoms with Crippen molar-refractivity contribution in [3.63, 3.8) is 0 Å². The number of nitrogens with one attached hydrogen (secondary N) is 1. The molecular weight excluding hydrogens is 290 g/mol. The van der Waals surface area contributed by atoms with Crippen molar-refractivity contribution in [1.29, 1.82) is 0 Å². The van der Waals surface area contributed by atoms with Crippen LogP contribution in [0.2, 0.25) is 0 Å². The van der Waals surface area contributed by atoms with Crippen molar-refractivity contribution in [3.05, 3.63) is 64.4 Å². The van der Waals surface area contributed by atoms with E-state index in [0.717, 1.165) is 22.2 Å². The highest BCUT2D eigenvalue weighted by Crippen LogP contribution is 2.36. The molecule has 0 bridgehead atoms. The van der Waals surface area contributed by atoms with Gasteiger partial charge in [-0.2, -0.15) is 0 Å². The summed E-state index contributed by atoms with van der Waals surface area (Å²) in [6.07, 6.45) is -0.506. The molecule has 23 heavy (non-hydrogen) atoms. The minimum absolute atomic E-state index is 0.206. The van der Waals surface area contributed by atoms with Crippen molar-refractivity contribution >= 4 is 21.8 Å². The van der Waals surface area contributed by atoms with Crippen LogP contribution in [0.3, 0.4) is 0 Å². The van der Waals surface area contributed by atoms with Gasteiger partial charge in [-0.1, -0.05) is 30.3 Å². The third-order valence-corrected chi connectivity index (χ3v) is 4.53. The zero-order chi connectivity index (χ0) is 15.6. The van der Waals surface area contributed by atoms with Crippen LogP contribution in [0.5, 0.6) is 0 Å². The Morgan fingerprint density at radius 2 is 1.83 bits per heavy atom. The lowest BCUT2D eigenvalue weighted by molar-refractivity contribution is 0.0991. The number of fused-ring (bicyclic) bond motifs is 6. The Morgan fingerprint density at radius 3 is 2.70 bits per heavy atom. The molecule has 0 saturated carbocycles. The van der Waals surface area contributed by atoms with E-state index in [-0.39, 0.29) is 5.56 Å². The molecule has 2 N–H and O–H groups in total. The molecule has 5 heteroatoms. The molecular formula is C18H13N3O2. The summed E-state index contributed by atoms with van der Waals surface area (Å²) in [6, 6.07) is 15.2. The molecule has 0 radical (unpaired) electrons. The third kappa shape index (κ3) is 1.59. The molecule has 0 fully saturated rings. The number of aromatic nitrogens is 3. The van der Waals surface area contributed by atoms with Crippen molar-refractivity contribution in [2.24, 2.45) is 0 Å². The lowest BCUT2D eigenvalue weighted by Gasteiger charge is -2.23. The number of hydrogen-bond donors (Lipinski definition) is 2. The quantitative estimate of drug-likeness (QED) is 0.524. The van der Waals surface area contributed by atoms with Crippen molar-refractivity contribution in [1.82, 2.24) is 14.5 Å². The van der Waals surface area contributed by atoms with Gasteiger partial charge < -0.3 is 10.1 Å². The first-order valence-corrected chi connectivity index (χ1v) is 7.53. The minimum Gasteiger partial charge on any atom is -0.373 e. The second-order valence-corrected chi connectivity index (χ2v) is 5.84. The van der Waals surface area contributed by atoms with E-state index in [1.165, 1.54) is 4.57 Å². The van der Waals surface area contributed by atoms with Crippen molar-refractivity contribution in [3.8, 4) is 11.5 Å². The van der Waals surface area contributed by atoms with E-state index in [1.54, 1.807) is 6.07 Å². The Bertz CT molecular complexity index is 1140. The van der Waals surface area contributed by atoms with Crippen LogP contribution in [0.4, 0.5) is 0 Å². The summed E-state index contributed by atoms with van der Waals surface area (Å²) in [5, 5.41) is 12.1. The summed E-state index contributed by atoms with van der Waals surface area (Å²) in [6.45, 7) is 0. The van der Waals surface area contributed by atoms with E-state index in [9.17, 15) is 9.90 Å². The van der Waals surface area contributed by atoms with E-state index < -0.39 is 6.23 Å². The monoisotopic (exact) mass is 303 g/mol. The van der Waals surface area contributed by atoms with E-state index in [1.807, 2.05) is 42.5 Å². The SMILES string of the molecule is O=c1c2ccccc2nc2n1C(O)Cc1c-2[nH]c2ccccc12. The van der Waals surface area contributed by atoms with Crippen LogP contribution in [0.15, 0.2) is 53.3 Å². The fraction of sp³-hybridized carbons (Fsp3) is 0.111. The minimum atomic E-state index is -0.902. The molecule has 1 unspecified atom stereocenters. The van der Waals surface area contributed by atoms with E-state index in [2.05, 4.69) is 9.97 Å². The van der Waals surface area contributed by atoms with Crippen LogP contribution in [0.1, 0.15) is 11.8 Å². The highest BCUT2D eigenvalue weighted by Gasteiger charge is 2.29. The van der Waals surface area contributed by atoms with Gasteiger partial charge in [0.2, 0.25) is 0 Å². The molecule has 1 aliphatic rings. The molecule has 0 saturated heterocycles. The lowest BCUT2D eigenvalue weighted by Crippen LogP contribution is -2.31. The molecule has 5 rings (SSSR count). The molecule has 2 aromatic carbocycles. The molecule has 5 nitrogen and oxygen atoms in total. The smallest absolute Gasteiger partial charge is 0.263 e. The molecule has 0 aliphatic carbocycles. The number of rotatable bonds is 0. The van der Waals surface area contributed by atoms with Crippen molar-refractivity contribution in [2.75, 3.05) is 0 Å². The Labute approximate surface area is 130 Å². The van der Waals surface area contributed by atoms with Crippen LogP contribution in [0, 0.1) is 0 Å². The van der Waals surface area contributed by atoms with E-state index >= 15 is 0 Å². The van der Waals surface area contributed by atoms with Crippen molar-refractivity contribution in [2.45, 2.75) is 12.6 Å². The predicted molar refractivity (Wildman–Crippen MR) is 88.3 cm³/mol. The average Bonchev–Trinajstić information content (AvgIpc) is 2.94. The highest BCUT2D eigenvalue weighted by atomic mass is 16.3. The molecule has 112 valence electrons. The number of aliphatic hydroxyl groups excluding tert-OH is 1. The van der Waals surface area contributed by atoms with Gasteiger partial charge in [-0.3, -0.25) is 9.36 Å². The summed E-state index contributed by atoms with van der Waals surface area (Å²) in [7, 11) is 0. The summed E-state index contributed by atoms with van der Waals surface area (Å²) in [5.74, 6) is 0.499. The summed E-state index contributed by atoms with van der Waals surface area (Å²) < 4.78 is 1.39. The average molecular weight is 303 g/mol. The fourth-order valence-electron chi connectivity index (χ4n) is 3.48. The molecule has 3 heterocycles. The number of nitrogens with zero attached hydrogens (tertiary/aromatic N) is 2. The number of aliphatic hydroxyl groups is 1. The summed E-state index contributed by atoms with van der Waals surface area (Å²) in [4.78, 5) is 20.7. The maximum atomic E-state index is 12.8. The number of aromatic amines is 1. The van der Waals surface area contributed by atoms with Gasteiger partial charge in [-0.15, -0.1) is 0 Å². The van der Waals surface area contributed by atoms with Gasteiger partial charge >= 0.3 is 0 Å². The second kappa shape index (κ2) is 4.30. The zero-order valence-corrected chi connectivity index (χ0v) is 12.2. The second-order valence-electron chi connectivity index (χ2n) is 5.84. The van der Waals surface area contributed by atoms with Crippen LogP contribution in [-0.4, -0.2) is 19.6 Å². The first kappa shape index (κ1) is 12.6. The van der Waals surface area contributed by atoms with Gasteiger partial charge in [0.15, 0.2) is 5.82 Å². The normalized spacial score (nSPS) is 16.5. The fourth-order valence-corrected chi connectivity index (χ4v) is 3.48.